The Labute approximate surface area is 83.7 Å². The summed E-state index contributed by atoms with van der Waals surface area (Å²) < 4.78 is 0. The van der Waals surface area contributed by atoms with Crippen molar-refractivity contribution in [1.82, 2.24) is 0 Å². The number of anilines is 1. The van der Waals surface area contributed by atoms with Crippen LogP contribution >= 0.6 is 11.8 Å². The molecule has 0 radical (unpaired) electrons. The van der Waals surface area contributed by atoms with Crippen LogP contribution in [-0.4, -0.2) is 11.5 Å². The molecule has 0 aromatic heterocycles. The third kappa shape index (κ3) is 2.19. The van der Waals surface area contributed by atoms with Crippen LogP contribution < -0.4 is 5.73 Å². The minimum atomic E-state index is 0.754. The van der Waals surface area contributed by atoms with Crippen LogP contribution in [0, 0.1) is 0 Å². The minimum Gasteiger partial charge on any atom is -0.399 e. The summed E-state index contributed by atoms with van der Waals surface area (Å²) in [6.07, 6.45) is 2.63. The number of thioether (sulfide) groups is 1. The van der Waals surface area contributed by atoms with Gasteiger partial charge in [-0.1, -0.05) is 12.1 Å². The molecule has 0 aliphatic carbocycles. The largest absolute Gasteiger partial charge is 0.399 e. The average molecular weight is 193 g/mol. The Morgan fingerprint density at radius 3 is 2.69 bits per heavy atom. The average Bonchev–Trinajstić information content (AvgIpc) is 2.19. The van der Waals surface area contributed by atoms with Crippen molar-refractivity contribution in [3.63, 3.8) is 0 Å². The first-order valence-corrected chi connectivity index (χ1v) is 5.95. The van der Waals surface area contributed by atoms with E-state index in [9.17, 15) is 0 Å². The van der Waals surface area contributed by atoms with Gasteiger partial charge in [-0.25, -0.2) is 0 Å². The van der Waals surface area contributed by atoms with E-state index in [2.05, 4.69) is 30.0 Å². The Hall–Kier alpha value is -0.630. The fourth-order valence-corrected chi connectivity index (χ4v) is 2.95. The van der Waals surface area contributed by atoms with E-state index in [4.69, 9.17) is 5.73 Å². The molecule has 1 aliphatic rings. The molecule has 0 bridgehead atoms. The van der Waals surface area contributed by atoms with Crippen LogP contribution in [0.2, 0.25) is 0 Å². The lowest BCUT2D eigenvalue weighted by Crippen LogP contribution is -2.07. The van der Waals surface area contributed by atoms with E-state index < -0.39 is 0 Å². The summed E-state index contributed by atoms with van der Waals surface area (Å²) in [6.45, 7) is 0. The molecule has 0 saturated carbocycles. The Morgan fingerprint density at radius 2 is 2.00 bits per heavy atom. The first-order valence-electron chi connectivity index (χ1n) is 4.79. The van der Waals surface area contributed by atoms with Gasteiger partial charge in [0.05, 0.1) is 0 Å². The van der Waals surface area contributed by atoms with Gasteiger partial charge in [-0.05, 0) is 48.0 Å². The second kappa shape index (κ2) is 4.05. The Morgan fingerprint density at radius 1 is 1.23 bits per heavy atom. The zero-order valence-electron chi connectivity index (χ0n) is 7.70. The zero-order chi connectivity index (χ0) is 9.10. The summed E-state index contributed by atoms with van der Waals surface area (Å²) in [7, 11) is 0. The number of benzene rings is 1. The Balaban J connectivity index is 2.14. The number of hydrogen-bond acceptors (Lipinski definition) is 2. The van der Waals surface area contributed by atoms with Gasteiger partial charge >= 0.3 is 0 Å². The number of hydrogen-bond donors (Lipinski definition) is 1. The molecule has 1 saturated heterocycles. The maximum Gasteiger partial charge on any atom is 0.0316 e. The quantitative estimate of drug-likeness (QED) is 0.694. The molecule has 1 aliphatic heterocycles. The van der Waals surface area contributed by atoms with Crippen LogP contribution in [-0.2, 0) is 0 Å². The Bertz CT molecular complexity index is 279. The maximum atomic E-state index is 5.76. The third-order valence-corrected chi connectivity index (χ3v) is 3.65. The predicted molar refractivity (Wildman–Crippen MR) is 60.2 cm³/mol. The van der Waals surface area contributed by atoms with Crippen LogP contribution in [0.1, 0.15) is 24.3 Å². The molecule has 0 unspecified atom stereocenters. The fraction of sp³-hybridized carbons (Fsp3) is 0.455. The van der Waals surface area contributed by atoms with Gasteiger partial charge in [0, 0.05) is 5.69 Å². The van der Waals surface area contributed by atoms with Gasteiger partial charge in [0.15, 0.2) is 0 Å². The van der Waals surface area contributed by atoms with Gasteiger partial charge < -0.3 is 5.73 Å². The molecule has 2 N–H and O–H groups in total. The molecule has 1 aromatic carbocycles. The van der Waals surface area contributed by atoms with Crippen LogP contribution in [0.25, 0.3) is 0 Å². The fourth-order valence-electron chi connectivity index (χ4n) is 1.84. The van der Waals surface area contributed by atoms with Gasteiger partial charge in [0.25, 0.3) is 0 Å². The van der Waals surface area contributed by atoms with Gasteiger partial charge in [-0.15, -0.1) is 0 Å². The SMILES string of the molecule is Nc1cccc(C2CCSCC2)c1. The van der Waals surface area contributed by atoms with Crippen molar-refractivity contribution >= 4 is 17.4 Å². The second-order valence-corrected chi connectivity index (χ2v) is 4.78. The Kier molecular flexibility index (Phi) is 2.79. The van der Waals surface area contributed by atoms with Crippen LogP contribution in [0.15, 0.2) is 24.3 Å². The highest BCUT2D eigenvalue weighted by atomic mass is 32.2. The monoisotopic (exact) mass is 193 g/mol. The normalized spacial score (nSPS) is 18.8. The van der Waals surface area contributed by atoms with E-state index in [0.29, 0.717) is 0 Å². The van der Waals surface area contributed by atoms with Crippen molar-refractivity contribution in [2.75, 3.05) is 17.2 Å². The van der Waals surface area contributed by atoms with E-state index in [1.165, 1.54) is 29.9 Å². The molecule has 1 nitrogen and oxygen atoms in total. The molecule has 2 heteroatoms. The number of nitrogens with two attached hydrogens (primary N) is 1. The predicted octanol–water partition coefficient (Wildman–Crippen LogP) is 2.88. The summed E-state index contributed by atoms with van der Waals surface area (Å²) in [5, 5.41) is 0. The highest BCUT2D eigenvalue weighted by Gasteiger charge is 2.15. The topological polar surface area (TPSA) is 26.0 Å². The van der Waals surface area contributed by atoms with Crippen molar-refractivity contribution in [2.45, 2.75) is 18.8 Å². The first kappa shape index (κ1) is 8.95. The molecule has 1 aromatic rings. The zero-order valence-corrected chi connectivity index (χ0v) is 8.52. The molecule has 0 atom stereocenters. The van der Waals surface area contributed by atoms with Crippen LogP contribution in [0.3, 0.4) is 0 Å². The lowest BCUT2D eigenvalue weighted by Gasteiger charge is -2.21. The molecule has 13 heavy (non-hydrogen) atoms. The lowest BCUT2D eigenvalue weighted by atomic mass is 9.93. The smallest absolute Gasteiger partial charge is 0.0316 e. The minimum absolute atomic E-state index is 0.754. The van der Waals surface area contributed by atoms with Crippen molar-refractivity contribution in [2.24, 2.45) is 0 Å². The third-order valence-electron chi connectivity index (χ3n) is 2.60. The van der Waals surface area contributed by atoms with Crippen LogP contribution in [0.5, 0.6) is 0 Å². The van der Waals surface area contributed by atoms with E-state index in [-0.39, 0.29) is 0 Å². The summed E-state index contributed by atoms with van der Waals surface area (Å²) >= 11 is 2.07. The van der Waals surface area contributed by atoms with Gasteiger partial charge in [0.1, 0.15) is 0 Å². The number of nitrogen functional groups attached to an aromatic ring is 1. The molecular weight excluding hydrogens is 178 g/mol. The summed E-state index contributed by atoms with van der Waals surface area (Å²) in [5.74, 6) is 3.36. The molecular formula is C11H15NS. The van der Waals surface area contributed by atoms with Gasteiger partial charge in [-0.2, -0.15) is 11.8 Å². The van der Waals surface area contributed by atoms with E-state index in [0.717, 1.165) is 11.6 Å². The second-order valence-electron chi connectivity index (χ2n) is 3.56. The standard InChI is InChI=1S/C11H15NS/c12-11-3-1-2-10(8-11)9-4-6-13-7-5-9/h1-3,8-9H,4-7,12H2. The van der Waals surface area contributed by atoms with Crippen LogP contribution in [0.4, 0.5) is 5.69 Å². The van der Waals surface area contributed by atoms with E-state index in [1.807, 2.05) is 6.07 Å². The summed E-state index contributed by atoms with van der Waals surface area (Å²) in [5.41, 5.74) is 8.09. The summed E-state index contributed by atoms with van der Waals surface area (Å²) in [4.78, 5) is 0. The van der Waals surface area contributed by atoms with Crippen molar-refractivity contribution in [3.05, 3.63) is 29.8 Å². The number of rotatable bonds is 1. The summed E-state index contributed by atoms with van der Waals surface area (Å²) in [6, 6.07) is 8.35. The van der Waals surface area contributed by atoms with E-state index >= 15 is 0 Å². The van der Waals surface area contributed by atoms with Crippen molar-refractivity contribution < 1.29 is 0 Å². The lowest BCUT2D eigenvalue weighted by molar-refractivity contribution is 0.637. The van der Waals surface area contributed by atoms with Crippen molar-refractivity contribution in [1.29, 1.82) is 0 Å². The molecule has 0 amide bonds. The van der Waals surface area contributed by atoms with Crippen molar-refractivity contribution in [3.8, 4) is 0 Å². The molecule has 0 spiro atoms. The molecule has 2 rings (SSSR count). The maximum absolute atomic E-state index is 5.76. The van der Waals surface area contributed by atoms with Gasteiger partial charge in [-0.3, -0.25) is 0 Å². The molecule has 1 heterocycles. The first-order chi connectivity index (χ1) is 6.36. The molecule has 1 fully saturated rings. The van der Waals surface area contributed by atoms with E-state index in [1.54, 1.807) is 0 Å². The highest BCUT2D eigenvalue weighted by molar-refractivity contribution is 7.99. The van der Waals surface area contributed by atoms with Gasteiger partial charge in [0.2, 0.25) is 0 Å². The highest BCUT2D eigenvalue weighted by Crippen LogP contribution is 2.31. The molecule has 70 valence electrons.